The van der Waals surface area contributed by atoms with Crippen molar-refractivity contribution in [1.82, 2.24) is 4.90 Å². The number of rotatable bonds is 2. The third-order valence-corrected chi connectivity index (χ3v) is 3.83. The first kappa shape index (κ1) is 15.9. The van der Waals surface area contributed by atoms with Crippen molar-refractivity contribution < 1.29 is 32.2 Å². The molecule has 2 aliphatic rings. The lowest BCUT2D eigenvalue weighted by Gasteiger charge is -2.32. The summed E-state index contributed by atoms with van der Waals surface area (Å²) in [4.78, 5) is 14.1. The third kappa shape index (κ3) is 3.69. The van der Waals surface area contributed by atoms with Gasteiger partial charge in [-0.1, -0.05) is 6.07 Å². The van der Waals surface area contributed by atoms with Crippen molar-refractivity contribution in [2.24, 2.45) is 0 Å². The number of alkyl halides is 3. The summed E-state index contributed by atoms with van der Waals surface area (Å²) < 4.78 is 51.6. The molecule has 0 radical (unpaired) electrons. The lowest BCUT2D eigenvalue weighted by atomic mass is 10.1. The monoisotopic (exact) mass is 331 g/mol. The molecule has 1 aromatic rings. The van der Waals surface area contributed by atoms with Crippen LogP contribution in [0, 0.1) is 0 Å². The van der Waals surface area contributed by atoms with Gasteiger partial charge >= 0.3 is 6.36 Å². The van der Waals surface area contributed by atoms with E-state index in [-0.39, 0.29) is 31.8 Å². The van der Waals surface area contributed by atoms with E-state index in [0.29, 0.717) is 30.3 Å². The molecule has 0 bridgehead atoms. The van der Waals surface area contributed by atoms with Crippen LogP contribution in [0.25, 0.3) is 0 Å². The highest BCUT2D eigenvalue weighted by molar-refractivity contribution is 5.98. The molecule has 1 amide bonds. The molecule has 2 aliphatic heterocycles. The molecule has 8 heteroatoms. The molecule has 0 unspecified atom stereocenters. The highest BCUT2D eigenvalue weighted by atomic mass is 19.4. The average Bonchev–Trinajstić information content (AvgIpc) is 2.53. The number of nitrogens with zero attached hydrogens (tertiary/aromatic N) is 1. The standard InChI is InChI=1S/C15H16F3NO4/c16-15(17,18)23-10-4-6-19(7-5-10)14(20)11-2-1-3-12-13(11)22-9-8-21-12/h1-3,10H,4-9H2. The molecule has 0 N–H and O–H groups in total. The van der Waals surface area contributed by atoms with E-state index >= 15 is 0 Å². The molecule has 1 fully saturated rings. The Bertz CT molecular complexity index is 583. The molecule has 0 aliphatic carbocycles. The normalized spacial score (nSPS) is 18.8. The fourth-order valence-electron chi connectivity index (χ4n) is 2.78. The number of para-hydroxylation sites is 1. The van der Waals surface area contributed by atoms with Crippen LogP contribution in [0.2, 0.25) is 0 Å². The van der Waals surface area contributed by atoms with E-state index in [2.05, 4.69) is 4.74 Å². The highest BCUT2D eigenvalue weighted by Gasteiger charge is 2.36. The van der Waals surface area contributed by atoms with E-state index < -0.39 is 12.5 Å². The minimum absolute atomic E-state index is 0.150. The van der Waals surface area contributed by atoms with Crippen molar-refractivity contribution >= 4 is 5.91 Å². The van der Waals surface area contributed by atoms with Gasteiger partial charge in [0.2, 0.25) is 0 Å². The minimum atomic E-state index is -4.64. The lowest BCUT2D eigenvalue weighted by Crippen LogP contribution is -2.42. The van der Waals surface area contributed by atoms with E-state index in [9.17, 15) is 18.0 Å². The van der Waals surface area contributed by atoms with Crippen LogP contribution in [0.3, 0.4) is 0 Å². The number of ether oxygens (including phenoxy) is 3. The van der Waals surface area contributed by atoms with Gasteiger partial charge in [0.25, 0.3) is 5.91 Å². The Hall–Kier alpha value is -1.96. The zero-order valence-electron chi connectivity index (χ0n) is 12.3. The largest absolute Gasteiger partial charge is 0.522 e. The maximum absolute atomic E-state index is 12.6. The smallest absolute Gasteiger partial charge is 0.486 e. The van der Waals surface area contributed by atoms with Crippen molar-refractivity contribution in [3.8, 4) is 11.5 Å². The topological polar surface area (TPSA) is 48.0 Å². The second kappa shape index (κ2) is 6.27. The Morgan fingerprint density at radius 1 is 1.17 bits per heavy atom. The number of carbonyl (C=O) groups is 1. The quantitative estimate of drug-likeness (QED) is 0.836. The number of amides is 1. The SMILES string of the molecule is O=C(c1cccc2c1OCCO2)N1CCC(OC(F)(F)F)CC1. The van der Waals surface area contributed by atoms with Gasteiger partial charge in [-0.3, -0.25) is 9.53 Å². The van der Waals surface area contributed by atoms with Crippen LogP contribution < -0.4 is 9.47 Å². The predicted octanol–water partition coefficient (Wildman–Crippen LogP) is 2.60. The van der Waals surface area contributed by atoms with Gasteiger partial charge in [-0.15, -0.1) is 13.2 Å². The van der Waals surface area contributed by atoms with Crippen LogP contribution in [0.1, 0.15) is 23.2 Å². The summed E-state index contributed by atoms with van der Waals surface area (Å²) in [5, 5.41) is 0. The highest BCUT2D eigenvalue weighted by Crippen LogP contribution is 2.35. The molecule has 2 heterocycles. The summed E-state index contributed by atoms with van der Waals surface area (Å²) in [6.45, 7) is 1.21. The number of hydrogen-bond donors (Lipinski definition) is 0. The molecule has 23 heavy (non-hydrogen) atoms. The van der Waals surface area contributed by atoms with Crippen LogP contribution in [-0.4, -0.2) is 49.6 Å². The Balaban J connectivity index is 1.66. The molecule has 3 rings (SSSR count). The first-order chi connectivity index (χ1) is 10.9. The molecule has 5 nitrogen and oxygen atoms in total. The average molecular weight is 331 g/mol. The molecule has 0 saturated carbocycles. The summed E-state index contributed by atoms with van der Waals surface area (Å²) in [5.74, 6) is 0.646. The zero-order valence-corrected chi connectivity index (χ0v) is 12.3. The van der Waals surface area contributed by atoms with Crippen LogP contribution in [-0.2, 0) is 4.74 Å². The second-order valence-corrected chi connectivity index (χ2v) is 5.38. The maximum atomic E-state index is 12.6. The molecular formula is C15H16F3NO4. The van der Waals surface area contributed by atoms with Crippen LogP contribution >= 0.6 is 0 Å². The number of fused-ring (bicyclic) bond motifs is 1. The van der Waals surface area contributed by atoms with Gasteiger partial charge in [0.15, 0.2) is 11.5 Å². The van der Waals surface area contributed by atoms with Crippen LogP contribution in [0.4, 0.5) is 13.2 Å². The first-order valence-electron chi connectivity index (χ1n) is 7.36. The molecule has 1 aromatic carbocycles. The molecule has 0 spiro atoms. The molecule has 126 valence electrons. The van der Waals surface area contributed by atoms with Crippen LogP contribution in [0.15, 0.2) is 18.2 Å². The minimum Gasteiger partial charge on any atom is -0.486 e. The first-order valence-corrected chi connectivity index (χ1v) is 7.36. The van der Waals surface area contributed by atoms with Crippen molar-refractivity contribution in [3.05, 3.63) is 23.8 Å². The summed E-state index contributed by atoms with van der Waals surface area (Å²) in [7, 11) is 0. The van der Waals surface area contributed by atoms with Crippen LogP contribution in [0.5, 0.6) is 11.5 Å². The number of carbonyl (C=O) groups excluding carboxylic acids is 1. The van der Waals surface area contributed by atoms with E-state index in [1.165, 1.54) is 4.90 Å². The van der Waals surface area contributed by atoms with Crippen molar-refractivity contribution in [3.63, 3.8) is 0 Å². The Labute approximate surface area is 130 Å². The van der Waals surface area contributed by atoms with Gasteiger partial charge in [0.1, 0.15) is 13.2 Å². The Morgan fingerprint density at radius 3 is 2.57 bits per heavy atom. The molecule has 0 aromatic heterocycles. The molecule has 1 saturated heterocycles. The lowest BCUT2D eigenvalue weighted by molar-refractivity contribution is -0.345. The molecule has 0 atom stereocenters. The zero-order chi connectivity index (χ0) is 16.4. The second-order valence-electron chi connectivity index (χ2n) is 5.38. The van der Waals surface area contributed by atoms with Gasteiger partial charge in [-0.05, 0) is 25.0 Å². The predicted molar refractivity (Wildman–Crippen MR) is 73.5 cm³/mol. The Morgan fingerprint density at radius 2 is 1.87 bits per heavy atom. The number of halogens is 3. The number of benzene rings is 1. The van der Waals surface area contributed by atoms with E-state index in [0.717, 1.165) is 0 Å². The number of hydrogen-bond acceptors (Lipinski definition) is 4. The van der Waals surface area contributed by atoms with Gasteiger partial charge in [-0.2, -0.15) is 0 Å². The molecular weight excluding hydrogens is 315 g/mol. The summed E-state index contributed by atoms with van der Waals surface area (Å²) >= 11 is 0. The van der Waals surface area contributed by atoms with Gasteiger partial charge < -0.3 is 14.4 Å². The third-order valence-electron chi connectivity index (χ3n) is 3.83. The fourth-order valence-corrected chi connectivity index (χ4v) is 2.78. The summed E-state index contributed by atoms with van der Waals surface area (Å²) in [6.07, 6.45) is -5.24. The number of piperidine rings is 1. The van der Waals surface area contributed by atoms with Gasteiger partial charge in [0, 0.05) is 13.1 Å². The van der Waals surface area contributed by atoms with Gasteiger partial charge in [-0.25, -0.2) is 0 Å². The fraction of sp³-hybridized carbons (Fsp3) is 0.533. The number of likely N-dealkylation sites (tertiary alicyclic amines) is 1. The van der Waals surface area contributed by atoms with Crippen molar-refractivity contribution in [1.29, 1.82) is 0 Å². The van der Waals surface area contributed by atoms with Gasteiger partial charge in [0.05, 0.1) is 11.7 Å². The van der Waals surface area contributed by atoms with Crippen molar-refractivity contribution in [2.75, 3.05) is 26.3 Å². The Kier molecular flexibility index (Phi) is 4.34. The van der Waals surface area contributed by atoms with E-state index in [1.807, 2.05) is 0 Å². The summed E-state index contributed by atoms with van der Waals surface area (Å²) in [5.41, 5.74) is 0.373. The summed E-state index contributed by atoms with van der Waals surface area (Å²) in [6, 6.07) is 5.04. The maximum Gasteiger partial charge on any atom is 0.522 e. The van der Waals surface area contributed by atoms with Crippen molar-refractivity contribution in [2.45, 2.75) is 25.3 Å². The van der Waals surface area contributed by atoms with E-state index in [4.69, 9.17) is 9.47 Å². The van der Waals surface area contributed by atoms with E-state index in [1.54, 1.807) is 18.2 Å².